The number of hydrogen-bond donors (Lipinski definition) is 1. The van der Waals surface area contributed by atoms with Crippen LogP contribution in [-0.2, 0) is 6.42 Å². The van der Waals surface area contributed by atoms with Gasteiger partial charge in [-0.1, -0.05) is 56.5 Å². The molecule has 3 aromatic carbocycles. The van der Waals surface area contributed by atoms with Crippen LogP contribution in [0.15, 0.2) is 72.9 Å². The highest BCUT2D eigenvalue weighted by Gasteiger charge is 2.02. The molecular weight excluding hydrogens is 328 g/mol. The third-order valence-corrected chi connectivity index (χ3v) is 5.12. The molecule has 2 nitrogen and oxygen atoms in total. The molecule has 0 fully saturated rings. The number of hydrogen-bond acceptors (Lipinski definition) is 2. The quantitative estimate of drug-likeness (QED) is 0.279. The highest BCUT2D eigenvalue weighted by atomic mass is 15.0. The fraction of sp³-hybridized carbons (Fsp3) is 0.240. The lowest BCUT2D eigenvalue weighted by Crippen LogP contribution is -1.95. The van der Waals surface area contributed by atoms with Crippen molar-refractivity contribution in [3.8, 4) is 0 Å². The molecule has 1 heterocycles. The van der Waals surface area contributed by atoms with E-state index in [0.29, 0.717) is 0 Å². The Balaban J connectivity index is 1.53. The maximum absolute atomic E-state index is 4.50. The number of nitrogens with zero attached hydrogens (tertiary/aromatic N) is 1. The first-order valence-electron chi connectivity index (χ1n) is 9.96. The number of benzene rings is 3. The highest BCUT2D eigenvalue weighted by Crippen LogP contribution is 2.26. The van der Waals surface area contributed by atoms with Crippen molar-refractivity contribution in [1.82, 2.24) is 4.98 Å². The van der Waals surface area contributed by atoms with Crippen LogP contribution in [0.5, 0.6) is 0 Å². The van der Waals surface area contributed by atoms with Gasteiger partial charge in [-0.2, -0.15) is 0 Å². The van der Waals surface area contributed by atoms with Gasteiger partial charge in [0.15, 0.2) is 0 Å². The van der Waals surface area contributed by atoms with E-state index in [9.17, 15) is 0 Å². The van der Waals surface area contributed by atoms with E-state index in [1.165, 1.54) is 52.8 Å². The zero-order valence-corrected chi connectivity index (χ0v) is 15.9. The summed E-state index contributed by atoms with van der Waals surface area (Å²) in [4.78, 5) is 4.50. The standard InChI is InChI=1S/C25H26N2/c1-2-3-4-5-8-19-13-14-26-25(15-19)27-24-12-11-22-16-20-9-6-7-10-21(20)17-23(22)18-24/h6-7,9-18H,2-5,8H2,1H3,(H,26,27). The molecule has 0 saturated carbocycles. The van der Waals surface area contributed by atoms with Crippen molar-refractivity contribution in [2.75, 3.05) is 5.32 Å². The molecule has 4 aromatic rings. The molecule has 0 spiro atoms. The smallest absolute Gasteiger partial charge is 0.130 e. The molecule has 0 bridgehead atoms. The Hall–Kier alpha value is -2.87. The van der Waals surface area contributed by atoms with Crippen LogP contribution < -0.4 is 5.32 Å². The Labute approximate surface area is 161 Å². The third-order valence-electron chi connectivity index (χ3n) is 5.12. The Kier molecular flexibility index (Phi) is 5.34. The van der Waals surface area contributed by atoms with E-state index in [1.807, 2.05) is 6.20 Å². The first-order valence-corrected chi connectivity index (χ1v) is 9.96. The number of nitrogens with one attached hydrogen (secondary N) is 1. The van der Waals surface area contributed by atoms with Crippen molar-refractivity contribution in [2.45, 2.75) is 39.0 Å². The first kappa shape index (κ1) is 17.5. The van der Waals surface area contributed by atoms with Crippen LogP contribution in [0.2, 0.25) is 0 Å². The summed E-state index contributed by atoms with van der Waals surface area (Å²) in [5, 5.41) is 8.53. The Morgan fingerprint density at radius 3 is 2.33 bits per heavy atom. The summed E-state index contributed by atoms with van der Waals surface area (Å²) in [5.41, 5.74) is 2.43. The second-order valence-corrected chi connectivity index (χ2v) is 7.25. The average Bonchev–Trinajstić information content (AvgIpc) is 2.70. The van der Waals surface area contributed by atoms with Crippen molar-refractivity contribution in [3.05, 3.63) is 78.5 Å². The SMILES string of the molecule is CCCCCCc1ccnc(Nc2ccc3cc4ccccc4cc3c2)c1. The molecular formula is C25H26N2. The fourth-order valence-electron chi connectivity index (χ4n) is 3.62. The van der Waals surface area contributed by atoms with Crippen LogP contribution in [0.3, 0.4) is 0 Å². The Bertz CT molecular complexity index is 1050. The summed E-state index contributed by atoms with van der Waals surface area (Å²) in [6.07, 6.45) is 8.19. The molecule has 136 valence electrons. The normalized spacial score (nSPS) is 11.1. The van der Waals surface area contributed by atoms with E-state index < -0.39 is 0 Å². The molecule has 27 heavy (non-hydrogen) atoms. The van der Waals surface area contributed by atoms with Crippen molar-refractivity contribution in [3.63, 3.8) is 0 Å². The lowest BCUT2D eigenvalue weighted by Gasteiger charge is -2.09. The molecule has 1 aromatic heterocycles. The molecule has 0 radical (unpaired) electrons. The molecule has 0 aliphatic heterocycles. The van der Waals surface area contributed by atoms with Crippen LogP contribution >= 0.6 is 0 Å². The summed E-state index contributed by atoms with van der Waals surface area (Å²) in [6.45, 7) is 2.25. The van der Waals surface area contributed by atoms with Crippen molar-refractivity contribution in [1.29, 1.82) is 0 Å². The fourth-order valence-corrected chi connectivity index (χ4v) is 3.62. The molecule has 1 N–H and O–H groups in total. The zero-order chi connectivity index (χ0) is 18.5. The van der Waals surface area contributed by atoms with Crippen LogP contribution in [0.25, 0.3) is 21.5 Å². The lowest BCUT2D eigenvalue weighted by atomic mass is 10.0. The van der Waals surface area contributed by atoms with Gasteiger partial charge in [-0.25, -0.2) is 4.98 Å². The predicted molar refractivity (Wildman–Crippen MR) is 117 cm³/mol. The van der Waals surface area contributed by atoms with Gasteiger partial charge in [0.1, 0.15) is 5.82 Å². The number of rotatable bonds is 7. The zero-order valence-electron chi connectivity index (χ0n) is 15.9. The van der Waals surface area contributed by atoms with Gasteiger partial charge in [0.25, 0.3) is 0 Å². The van der Waals surface area contributed by atoms with E-state index in [0.717, 1.165) is 17.9 Å². The van der Waals surface area contributed by atoms with Crippen LogP contribution in [0.4, 0.5) is 11.5 Å². The summed E-state index contributed by atoms with van der Waals surface area (Å²) in [6, 6.07) is 23.8. The van der Waals surface area contributed by atoms with E-state index in [4.69, 9.17) is 0 Å². The minimum absolute atomic E-state index is 0.920. The van der Waals surface area contributed by atoms with Gasteiger partial charge in [0.2, 0.25) is 0 Å². The molecule has 4 rings (SSSR count). The maximum Gasteiger partial charge on any atom is 0.130 e. The van der Waals surface area contributed by atoms with E-state index >= 15 is 0 Å². The predicted octanol–water partition coefficient (Wildman–Crippen LogP) is 7.25. The van der Waals surface area contributed by atoms with Gasteiger partial charge in [0, 0.05) is 11.9 Å². The average molecular weight is 354 g/mol. The molecule has 0 atom stereocenters. The van der Waals surface area contributed by atoms with Crippen LogP contribution in [0.1, 0.15) is 38.2 Å². The number of pyridine rings is 1. The molecule has 0 amide bonds. The summed E-state index contributed by atoms with van der Waals surface area (Å²) >= 11 is 0. The number of unbranched alkanes of at least 4 members (excludes halogenated alkanes) is 3. The lowest BCUT2D eigenvalue weighted by molar-refractivity contribution is 0.666. The van der Waals surface area contributed by atoms with Crippen LogP contribution in [-0.4, -0.2) is 4.98 Å². The maximum atomic E-state index is 4.50. The van der Waals surface area contributed by atoms with Gasteiger partial charge in [-0.3, -0.25) is 0 Å². The second kappa shape index (κ2) is 8.22. The largest absolute Gasteiger partial charge is 0.340 e. The van der Waals surface area contributed by atoms with Gasteiger partial charge in [-0.15, -0.1) is 0 Å². The summed E-state index contributed by atoms with van der Waals surface area (Å²) in [5.74, 6) is 0.920. The minimum Gasteiger partial charge on any atom is -0.340 e. The second-order valence-electron chi connectivity index (χ2n) is 7.25. The Morgan fingerprint density at radius 2 is 1.52 bits per heavy atom. The van der Waals surface area contributed by atoms with Gasteiger partial charge < -0.3 is 5.32 Å². The van der Waals surface area contributed by atoms with E-state index in [2.05, 4.69) is 84.0 Å². The monoisotopic (exact) mass is 354 g/mol. The van der Waals surface area contributed by atoms with Gasteiger partial charge >= 0.3 is 0 Å². The van der Waals surface area contributed by atoms with Crippen molar-refractivity contribution in [2.24, 2.45) is 0 Å². The number of anilines is 2. The van der Waals surface area contributed by atoms with Gasteiger partial charge in [-0.05, 0) is 76.3 Å². The van der Waals surface area contributed by atoms with Crippen LogP contribution in [0, 0.1) is 0 Å². The number of aryl methyl sites for hydroxylation is 1. The molecule has 0 unspecified atom stereocenters. The minimum atomic E-state index is 0.920. The number of aromatic nitrogens is 1. The highest BCUT2D eigenvalue weighted by molar-refractivity contribution is 5.99. The summed E-state index contributed by atoms with van der Waals surface area (Å²) < 4.78 is 0. The Morgan fingerprint density at radius 1 is 0.741 bits per heavy atom. The molecule has 0 saturated heterocycles. The first-order chi connectivity index (χ1) is 13.3. The topological polar surface area (TPSA) is 24.9 Å². The summed E-state index contributed by atoms with van der Waals surface area (Å²) in [7, 11) is 0. The van der Waals surface area contributed by atoms with E-state index in [-0.39, 0.29) is 0 Å². The van der Waals surface area contributed by atoms with Crippen molar-refractivity contribution < 1.29 is 0 Å². The van der Waals surface area contributed by atoms with Crippen molar-refractivity contribution >= 4 is 33.1 Å². The molecule has 0 aliphatic rings. The van der Waals surface area contributed by atoms with E-state index in [1.54, 1.807) is 0 Å². The third kappa shape index (κ3) is 4.28. The molecule has 2 heteroatoms. The number of fused-ring (bicyclic) bond motifs is 2. The molecule has 0 aliphatic carbocycles. The van der Waals surface area contributed by atoms with Gasteiger partial charge in [0.05, 0.1) is 0 Å².